The Bertz CT molecular complexity index is 1000. The first-order valence-electron chi connectivity index (χ1n) is 20.6. The standard InChI is InChI=1S/4C8H14O5.4C2H6/c1-3(9)8-7(12)6(11)5(10)4(2)13-8;1-3-5(10)6(11)7(4(2)9)13-8(3)12;1-3-5(10)6(11)8(12)13-7(3)4(2)9;1-3-5(10)7(4(2)9)13-8(12)6(3)11;4*1-2/h4-8,10-12H,1-2H3;3*3,5-8,10-12H,1-2H3;4*1-2H3/t4-,5-,6+,7-,8+;3-,5-,6+,7-,8-;3-,5-,6+,7-,8+;3-,5-,6+,7+,8+;;;;/m0100..../s1. The Morgan fingerprint density at radius 3 is 1.00 bits per heavy atom. The molecule has 4 saturated heterocycles. The van der Waals surface area contributed by atoms with Crippen LogP contribution in [0.5, 0.6) is 0 Å². The molecule has 0 saturated carbocycles. The maximum Gasteiger partial charge on any atom is 0.184 e. The molecule has 4 fully saturated rings. The molecular formula is C40H80O20. The Morgan fingerprint density at radius 2 is 0.600 bits per heavy atom. The number of Topliss-reactive ketones (excluding diaryl/α,β-unsaturated/α-hetero) is 4. The molecule has 4 rings (SSSR count). The first kappa shape index (κ1) is 64.7. The number of aliphatic hydroxyl groups is 12. The molecule has 0 aromatic heterocycles. The fourth-order valence-corrected chi connectivity index (χ4v) is 5.60. The number of rotatable bonds is 4. The van der Waals surface area contributed by atoms with Gasteiger partial charge in [0.05, 0.1) is 24.4 Å². The van der Waals surface area contributed by atoms with E-state index in [2.05, 4.69) is 0 Å². The second kappa shape index (κ2) is 32.7. The van der Waals surface area contributed by atoms with E-state index >= 15 is 0 Å². The zero-order valence-corrected chi connectivity index (χ0v) is 38.2. The molecule has 4 aliphatic rings. The van der Waals surface area contributed by atoms with Crippen LogP contribution in [0.25, 0.3) is 0 Å². The molecule has 0 bridgehead atoms. The highest BCUT2D eigenvalue weighted by molar-refractivity contribution is 5.82. The summed E-state index contributed by atoms with van der Waals surface area (Å²) in [5, 5.41) is 112. The van der Waals surface area contributed by atoms with Crippen LogP contribution < -0.4 is 0 Å². The topological polar surface area (TPSA) is 348 Å². The van der Waals surface area contributed by atoms with Crippen molar-refractivity contribution < 1.29 is 99.4 Å². The Balaban J connectivity index is -0.000000329. The van der Waals surface area contributed by atoms with Crippen molar-refractivity contribution in [3.05, 3.63) is 0 Å². The van der Waals surface area contributed by atoms with Crippen LogP contribution in [0, 0.1) is 17.8 Å². The van der Waals surface area contributed by atoms with Crippen molar-refractivity contribution in [3.63, 3.8) is 0 Å². The maximum atomic E-state index is 11.0. The minimum atomic E-state index is -1.49. The van der Waals surface area contributed by atoms with Gasteiger partial charge in [-0.05, 0) is 34.6 Å². The molecule has 60 heavy (non-hydrogen) atoms. The summed E-state index contributed by atoms with van der Waals surface area (Å²) in [6.45, 7) is 27.3. The van der Waals surface area contributed by atoms with E-state index in [1.165, 1.54) is 41.5 Å². The number of carbonyl (C=O) groups is 4. The van der Waals surface area contributed by atoms with Gasteiger partial charge in [-0.2, -0.15) is 0 Å². The summed E-state index contributed by atoms with van der Waals surface area (Å²) >= 11 is 0. The quantitative estimate of drug-likeness (QED) is 0.153. The van der Waals surface area contributed by atoms with Crippen LogP contribution in [0.3, 0.4) is 0 Å². The molecule has 0 spiro atoms. The lowest BCUT2D eigenvalue weighted by Gasteiger charge is -2.38. The van der Waals surface area contributed by atoms with Gasteiger partial charge in [-0.3, -0.25) is 19.2 Å². The van der Waals surface area contributed by atoms with E-state index in [1.54, 1.807) is 13.8 Å². The lowest BCUT2D eigenvalue weighted by molar-refractivity contribution is -0.260. The highest BCUT2D eigenvalue weighted by Gasteiger charge is 2.46. The summed E-state index contributed by atoms with van der Waals surface area (Å²) in [6.07, 6.45) is -19.6. The van der Waals surface area contributed by atoms with Crippen LogP contribution in [0.2, 0.25) is 0 Å². The fourth-order valence-electron chi connectivity index (χ4n) is 5.60. The van der Waals surface area contributed by atoms with Gasteiger partial charge < -0.3 is 80.2 Å². The van der Waals surface area contributed by atoms with Crippen LogP contribution in [-0.4, -0.2) is 189 Å². The van der Waals surface area contributed by atoms with Crippen molar-refractivity contribution in [2.75, 3.05) is 0 Å². The lowest BCUT2D eigenvalue weighted by Crippen LogP contribution is -2.58. The largest absolute Gasteiger partial charge is 0.390 e. The summed E-state index contributed by atoms with van der Waals surface area (Å²) < 4.78 is 19.5. The molecule has 0 aromatic rings. The minimum Gasteiger partial charge on any atom is -0.390 e. The predicted octanol–water partition coefficient (Wildman–Crippen LogP) is -1.50. The number of ether oxygens (including phenoxy) is 4. The maximum absolute atomic E-state index is 11.0. The van der Waals surface area contributed by atoms with Gasteiger partial charge in [-0.15, -0.1) is 0 Å². The van der Waals surface area contributed by atoms with Gasteiger partial charge in [0.15, 0.2) is 42.0 Å². The average molecular weight is 881 g/mol. The second-order valence-electron chi connectivity index (χ2n) is 13.5. The summed E-state index contributed by atoms with van der Waals surface area (Å²) in [5.41, 5.74) is 0. The molecule has 12 N–H and O–H groups in total. The van der Waals surface area contributed by atoms with Gasteiger partial charge in [0.25, 0.3) is 0 Å². The van der Waals surface area contributed by atoms with Crippen LogP contribution in [0.15, 0.2) is 0 Å². The molecule has 360 valence electrons. The van der Waals surface area contributed by atoms with Gasteiger partial charge in [0.1, 0.15) is 61.0 Å². The van der Waals surface area contributed by atoms with E-state index < -0.39 is 128 Å². The van der Waals surface area contributed by atoms with Crippen LogP contribution in [0.1, 0.15) is 111 Å². The van der Waals surface area contributed by atoms with Crippen molar-refractivity contribution >= 4 is 23.1 Å². The number of carbonyl (C=O) groups excluding carboxylic acids is 4. The zero-order chi connectivity index (χ0) is 48.7. The minimum absolute atomic E-state index is 0.266. The molecule has 20 atom stereocenters. The first-order chi connectivity index (χ1) is 27.8. The number of ketones is 4. The van der Waals surface area contributed by atoms with Crippen LogP contribution >= 0.6 is 0 Å². The van der Waals surface area contributed by atoms with Crippen molar-refractivity contribution in [1.29, 1.82) is 0 Å². The summed E-state index contributed by atoms with van der Waals surface area (Å²) in [6, 6.07) is 0. The zero-order valence-electron chi connectivity index (χ0n) is 38.2. The average Bonchev–Trinajstić information content (AvgIpc) is 3.23. The molecular weight excluding hydrogens is 800 g/mol. The van der Waals surface area contributed by atoms with Crippen molar-refractivity contribution in [2.24, 2.45) is 17.8 Å². The molecule has 0 aromatic carbocycles. The van der Waals surface area contributed by atoms with Crippen LogP contribution in [0.4, 0.5) is 0 Å². The third kappa shape index (κ3) is 19.2. The Hall–Kier alpha value is -1.96. The predicted molar refractivity (Wildman–Crippen MR) is 217 cm³/mol. The monoisotopic (exact) mass is 881 g/mol. The van der Waals surface area contributed by atoms with Gasteiger partial charge >= 0.3 is 0 Å². The number of hydrogen-bond donors (Lipinski definition) is 12. The molecule has 20 nitrogen and oxygen atoms in total. The van der Waals surface area contributed by atoms with E-state index in [-0.39, 0.29) is 17.3 Å². The summed E-state index contributed by atoms with van der Waals surface area (Å²) in [7, 11) is 0. The van der Waals surface area contributed by atoms with Gasteiger partial charge in [0, 0.05) is 17.8 Å². The van der Waals surface area contributed by atoms with E-state index in [9.17, 15) is 70.2 Å². The molecule has 0 amide bonds. The Morgan fingerprint density at radius 1 is 0.300 bits per heavy atom. The third-order valence-corrected chi connectivity index (χ3v) is 9.30. The summed E-state index contributed by atoms with van der Waals surface area (Å²) in [4.78, 5) is 43.7. The number of hydrogen-bond acceptors (Lipinski definition) is 20. The van der Waals surface area contributed by atoms with E-state index in [0.29, 0.717) is 0 Å². The van der Waals surface area contributed by atoms with Crippen LogP contribution in [-0.2, 0) is 38.1 Å². The van der Waals surface area contributed by atoms with Crippen molar-refractivity contribution in [2.45, 2.75) is 215 Å². The summed E-state index contributed by atoms with van der Waals surface area (Å²) in [5.74, 6) is -3.05. The smallest absolute Gasteiger partial charge is 0.184 e. The van der Waals surface area contributed by atoms with Crippen molar-refractivity contribution in [1.82, 2.24) is 0 Å². The molecule has 0 radical (unpaired) electrons. The second-order valence-corrected chi connectivity index (χ2v) is 13.5. The number of aliphatic hydroxyl groups excluding tert-OH is 12. The lowest BCUT2D eigenvalue weighted by atomic mass is 9.89. The highest BCUT2D eigenvalue weighted by Crippen LogP contribution is 2.27. The molecule has 0 unspecified atom stereocenters. The molecule has 4 aliphatic heterocycles. The molecule has 0 aliphatic carbocycles. The normalized spacial score (nSPS) is 40.3. The molecule has 20 heteroatoms. The van der Waals surface area contributed by atoms with Gasteiger partial charge in [0.2, 0.25) is 0 Å². The van der Waals surface area contributed by atoms with E-state index in [1.807, 2.05) is 55.4 Å². The fraction of sp³-hybridized carbons (Fsp3) is 0.900. The Kier molecular flexibility index (Phi) is 35.2. The van der Waals surface area contributed by atoms with Gasteiger partial charge in [-0.25, -0.2) is 0 Å². The van der Waals surface area contributed by atoms with E-state index in [4.69, 9.17) is 29.2 Å². The molecule has 4 heterocycles. The highest BCUT2D eigenvalue weighted by atomic mass is 16.6. The SMILES string of the molecule is CC.CC.CC.CC.CC(=O)[C@H]1O[C@@H](C)[C@H](O)[C@@H](O)[C@@H]1O.CC(=O)[C@H]1O[C@@H](O)[C@H](C)[C@@H](O)[C@@H]1O.CC(=O)[C@H]1O[C@@H](O)[C@H](O)[C@@H](C)[C@@H]1O.CC(=O)[C@H]1O[C@@H](O)[C@H](O)[C@@H](O)[C@@H]1C. The third-order valence-electron chi connectivity index (χ3n) is 9.30. The Labute approximate surface area is 355 Å². The first-order valence-corrected chi connectivity index (χ1v) is 20.6. The van der Waals surface area contributed by atoms with Crippen molar-refractivity contribution in [3.8, 4) is 0 Å². The van der Waals surface area contributed by atoms with Gasteiger partial charge in [-0.1, -0.05) is 76.2 Å². The van der Waals surface area contributed by atoms with E-state index in [0.717, 1.165) is 0 Å².